The van der Waals surface area contributed by atoms with Crippen LogP contribution in [0.2, 0.25) is 0 Å². The van der Waals surface area contributed by atoms with E-state index in [1.54, 1.807) is 0 Å². The van der Waals surface area contributed by atoms with Crippen LogP contribution in [0.1, 0.15) is 52.9 Å². The first-order chi connectivity index (χ1) is 8.88. The van der Waals surface area contributed by atoms with Gasteiger partial charge in [0.25, 0.3) is 0 Å². The molecular weight excluding hydrogens is 240 g/mol. The van der Waals surface area contributed by atoms with Crippen LogP contribution in [0.5, 0.6) is 0 Å². The van der Waals surface area contributed by atoms with Crippen molar-refractivity contribution in [2.45, 2.75) is 58.9 Å². The summed E-state index contributed by atoms with van der Waals surface area (Å²) in [6, 6.07) is 0.136. The number of hydrogen-bond acceptors (Lipinski definition) is 2. The summed E-state index contributed by atoms with van der Waals surface area (Å²) in [5.74, 6) is 0.634. The Morgan fingerprint density at radius 3 is 2.32 bits per heavy atom. The fourth-order valence-corrected chi connectivity index (χ4v) is 2.91. The van der Waals surface area contributed by atoms with Gasteiger partial charge in [0.2, 0.25) is 11.8 Å². The lowest BCUT2D eigenvalue weighted by molar-refractivity contribution is -0.135. The molecule has 0 aromatic heterocycles. The molecule has 0 bridgehead atoms. The van der Waals surface area contributed by atoms with Gasteiger partial charge in [0.1, 0.15) is 0 Å². The second kappa shape index (κ2) is 5.51. The summed E-state index contributed by atoms with van der Waals surface area (Å²) in [5.41, 5.74) is -0.358. The molecule has 4 heteroatoms. The van der Waals surface area contributed by atoms with Crippen LogP contribution in [0.4, 0.5) is 0 Å². The van der Waals surface area contributed by atoms with Gasteiger partial charge in [-0.25, -0.2) is 0 Å². The monoisotopic (exact) mass is 266 g/mol. The van der Waals surface area contributed by atoms with Crippen LogP contribution < -0.4 is 5.32 Å². The number of rotatable bonds is 2. The zero-order chi connectivity index (χ0) is 14.0. The van der Waals surface area contributed by atoms with Crippen molar-refractivity contribution < 1.29 is 9.59 Å². The predicted molar refractivity (Wildman–Crippen MR) is 74.5 cm³/mol. The topological polar surface area (TPSA) is 49.4 Å². The van der Waals surface area contributed by atoms with E-state index in [1.165, 1.54) is 12.8 Å². The fraction of sp³-hybridized carbons (Fsp3) is 0.867. The summed E-state index contributed by atoms with van der Waals surface area (Å²) in [5, 5.41) is 3.06. The van der Waals surface area contributed by atoms with Crippen LogP contribution in [-0.4, -0.2) is 35.8 Å². The summed E-state index contributed by atoms with van der Waals surface area (Å²) in [4.78, 5) is 26.2. The third-order valence-corrected chi connectivity index (χ3v) is 4.22. The Kier molecular flexibility index (Phi) is 4.16. The summed E-state index contributed by atoms with van der Waals surface area (Å²) >= 11 is 0. The molecule has 0 unspecified atom stereocenters. The van der Waals surface area contributed by atoms with Crippen molar-refractivity contribution in [2.24, 2.45) is 11.3 Å². The third kappa shape index (κ3) is 3.48. The number of carbonyl (C=O) groups excluding carboxylic acids is 2. The Balaban J connectivity index is 1.83. The Bertz CT molecular complexity index is 354. The Morgan fingerprint density at radius 2 is 1.74 bits per heavy atom. The van der Waals surface area contributed by atoms with Crippen molar-refractivity contribution in [1.82, 2.24) is 10.2 Å². The average Bonchev–Trinajstić information content (AvgIpc) is 2.97. The number of nitrogens with zero attached hydrogens (tertiary/aromatic N) is 1. The van der Waals surface area contributed by atoms with Gasteiger partial charge >= 0.3 is 0 Å². The van der Waals surface area contributed by atoms with Crippen molar-refractivity contribution in [3.8, 4) is 0 Å². The Hall–Kier alpha value is -1.06. The van der Waals surface area contributed by atoms with E-state index in [4.69, 9.17) is 0 Å². The first kappa shape index (κ1) is 14.4. The number of amides is 2. The van der Waals surface area contributed by atoms with Crippen molar-refractivity contribution in [2.75, 3.05) is 13.1 Å². The van der Waals surface area contributed by atoms with Gasteiger partial charge in [-0.15, -0.1) is 0 Å². The van der Waals surface area contributed by atoms with Gasteiger partial charge < -0.3 is 10.2 Å². The zero-order valence-corrected chi connectivity index (χ0v) is 12.4. The molecule has 1 aliphatic heterocycles. The molecule has 2 aliphatic rings. The minimum absolute atomic E-state index is 0.0765. The standard InChI is InChI=1S/C15H26N2O2/c1-15(2,3)14(19)16-12-8-9-17(10-12)13(18)11-6-4-5-7-11/h11-12H,4-10H2,1-3H3,(H,16,19)/t12-/m1/s1. The highest BCUT2D eigenvalue weighted by molar-refractivity contribution is 5.82. The van der Waals surface area contributed by atoms with E-state index < -0.39 is 0 Å². The van der Waals surface area contributed by atoms with Crippen LogP contribution in [0.25, 0.3) is 0 Å². The fourth-order valence-electron chi connectivity index (χ4n) is 2.91. The van der Waals surface area contributed by atoms with Crippen molar-refractivity contribution in [3.05, 3.63) is 0 Å². The number of carbonyl (C=O) groups is 2. The first-order valence-electron chi connectivity index (χ1n) is 7.47. The van der Waals surface area contributed by atoms with Crippen LogP contribution >= 0.6 is 0 Å². The van der Waals surface area contributed by atoms with Crippen molar-refractivity contribution in [1.29, 1.82) is 0 Å². The van der Waals surface area contributed by atoms with E-state index in [2.05, 4.69) is 5.32 Å². The van der Waals surface area contributed by atoms with E-state index in [0.29, 0.717) is 12.5 Å². The highest BCUT2D eigenvalue weighted by atomic mass is 16.2. The van der Waals surface area contributed by atoms with Crippen molar-refractivity contribution >= 4 is 11.8 Å². The van der Waals surface area contributed by atoms with E-state index in [-0.39, 0.29) is 23.3 Å². The molecule has 0 spiro atoms. The molecule has 1 heterocycles. The molecule has 108 valence electrons. The van der Waals surface area contributed by atoms with Gasteiger partial charge in [-0.05, 0) is 19.3 Å². The molecule has 1 N–H and O–H groups in total. The van der Waals surface area contributed by atoms with Gasteiger partial charge in [0, 0.05) is 30.5 Å². The molecule has 1 saturated carbocycles. The summed E-state index contributed by atoms with van der Waals surface area (Å²) in [6.45, 7) is 7.23. The number of nitrogens with one attached hydrogen (secondary N) is 1. The van der Waals surface area contributed by atoms with Crippen molar-refractivity contribution in [3.63, 3.8) is 0 Å². The smallest absolute Gasteiger partial charge is 0.225 e. The molecule has 1 atom stereocenters. The Labute approximate surface area is 115 Å². The molecule has 0 aromatic rings. The predicted octanol–water partition coefficient (Wildman–Crippen LogP) is 1.94. The maximum absolute atomic E-state index is 12.3. The molecular formula is C15H26N2O2. The summed E-state index contributed by atoms with van der Waals surface area (Å²) < 4.78 is 0. The second-order valence-electron chi connectivity index (χ2n) is 6.97. The number of likely N-dealkylation sites (tertiary alicyclic amines) is 1. The first-order valence-corrected chi connectivity index (χ1v) is 7.47. The molecule has 2 amide bonds. The molecule has 0 aromatic carbocycles. The van der Waals surface area contributed by atoms with Gasteiger partial charge in [-0.2, -0.15) is 0 Å². The molecule has 2 fully saturated rings. The second-order valence-corrected chi connectivity index (χ2v) is 6.97. The Morgan fingerprint density at radius 1 is 1.11 bits per heavy atom. The molecule has 0 radical (unpaired) electrons. The summed E-state index contributed by atoms with van der Waals surface area (Å²) in [7, 11) is 0. The lowest BCUT2D eigenvalue weighted by Gasteiger charge is -2.23. The summed E-state index contributed by atoms with van der Waals surface area (Å²) in [6.07, 6.45) is 5.37. The molecule has 1 aliphatic carbocycles. The number of hydrogen-bond donors (Lipinski definition) is 1. The van der Waals surface area contributed by atoms with E-state index in [1.807, 2.05) is 25.7 Å². The van der Waals surface area contributed by atoms with Crippen LogP contribution in [0.15, 0.2) is 0 Å². The van der Waals surface area contributed by atoms with Crippen LogP contribution in [-0.2, 0) is 9.59 Å². The minimum atomic E-state index is -0.358. The SMILES string of the molecule is CC(C)(C)C(=O)N[C@@H]1CCN(C(=O)C2CCCC2)C1. The highest BCUT2D eigenvalue weighted by Crippen LogP contribution is 2.28. The lowest BCUT2D eigenvalue weighted by Crippen LogP contribution is -2.44. The largest absolute Gasteiger partial charge is 0.351 e. The minimum Gasteiger partial charge on any atom is -0.351 e. The van der Waals surface area contributed by atoms with Gasteiger partial charge in [-0.3, -0.25) is 9.59 Å². The van der Waals surface area contributed by atoms with E-state index in [0.717, 1.165) is 25.8 Å². The van der Waals surface area contributed by atoms with Gasteiger partial charge in [0.15, 0.2) is 0 Å². The maximum Gasteiger partial charge on any atom is 0.225 e. The highest BCUT2D eigenvalue weighted by Gasteiger charge is 2.34. The molecule has 4 nitrogen and oxygen atoms in total. The average molecular weight is 266 g/mol. The lowest BCUT2D eigenvalue weighted by atomic mass is 9.95. The molecule has 1 saturated heterocycles. The van der Waals surface area contributed by atoms with E-state index in [9.17, 15) is 9.59 Å². The van der Waals surface area contributed by atoms with Gasteiger partial charge in [0.05, 0.1) is 0 Å². The van der Waals surface area contributed by atoms with Crippen LogP contribution in [0, 0.1) is 11.3 Å². The quantitative estimate of drug-likeness (QED) is 0.830. The zero-order valence-electron chi connectivity index (χ0n) is 12.4. The third-order valence-electron chi connectivity index (χ3n) is 4.22. The van der Waals surface area contributed by atoms with Crippen LogP contribution in [0.3, 0.4) is 0 Å². The van der Waals surface area contributed by atoms with Gasteiger partial charge in [-0.1, -0.05) is 33.6 Å². The molecule has 19 heavy (non-hydrogen) atoms. The van der Waals surface area contributed by atoms with E-state index >= 15 is 0 Å². The normalized spacial score (nSPS) is 24.8. The molecule has 2 rings (SSSR count). The maximum atomic E-state index is 12.3.